The molecule has 0 saturated heterocycles. The van der Waals surface area contributed by atoms with Crippen molar-refractivity contribution in [2.75, 3.05) is 0 Å². The van der Waals surface area contributed by atoms with Crippen LogP contribution >= 0.6 is 0 Å². The lowest BCUT2D eigenvalue weighted by Crippen LogP contribution is -2.01. The lowest BCUT2D eigenvalue weighted by molar-refractivity contribution is 0.399. The maximum atomic E-state index is 2.51. The molecular formula is C10H16. The van der Waals surface area contributed by atoms with Crippen molar-refractivity contribution in [2.24, 2.45) is 22.2 Å². The maximum absolute atomic E-state index is 2.51. The Kier molecular flexibility index (Phi) is 0.562. The van der Waals surface area contributed by atoms with Gasteiger partial charge in [0.25, 0.3) is 0 Å². The van der Waals surface area contributed by atoms with Crippen LogP contribution in [0.15, 0.2) is 0 Å². The van der Waals surface area contributed by atoms with E-state index in [4.69, 9.17) is 0 Å². The molecule has 0 radical (unpaired) electrons. The Morgan fingerprint density at radius 3 is 2.20 bits per heavy atom. The quantitative estimate of drug-likeness (QED) is 0.520. The van der Waals surface area contributed by atoms with Crippen LogP contribution in [-0.4, -0.2) is 0 Å². The van der Waals surface area contributed by atoms with Crippen molar-refractivity contribution in [3.63, 3.8) is 0 Å². The van der Waals surface area contributed by atoms with E-state index >= 15 is 0 Å². The summed E-state index contributed by atoms with van der Waals surface area (Å²) in [5, 5.41) is 0. The fourth-order valence-corrected chi connectivity index (χ4v) is 4.54. The van der Waals surface area contributed by atoms with Crippen LogP contribution in [0.2, 0.25) is 0 Å². The standard InChI is InChI=1S/C10H16/c1-4-9-6-8(9,3)10(9)5-7(10)2/h7H,4-6H2,1-3H3. The minimum absolute atomic E-state index is 0.841. The molecule has 0 N–H and O–H groups in total. The van der Waals surface area contributed by atoms with Gasteiger partial charge in [-0.15, -0.1) is 0 Å². The molecule has 4 atom stereocenters. The van der Waals surface area contributed by atoms with Gasteiger partial charge in [-0.05, 0) is 41.4 Å². The first-order valence-corrected chi connectivity index (χ1v) is 4.65. The molecular weight excluding hydrogens is 120 g/mol. The zero-order valence-electron chi connectivity index (χ0n) is 7.20. The van der Waals surface area contributed by atoms with E-state index in [1.54, 1.807) is 12.8 Å². The Morgan fingerprint density at radius 2 is 2.10 bits per heavy atom. The van der Waals surface area contributed by atoms with Gasteiger partial charge in [-0.2, -0.15) is 0 Å². The number of fused-ring (bicyclic) bond motifs is 3. The normalized spacial score (nSPS) is 75.3. The van der Waals surface area contributed by atoms with E-state index in [1.807, 2.05) is 0 Å². The lowest BCUT2D eigenvalue weighted by Gasteiger charge is -2.08. The molecule has 0 amide bonds. The van der Waals surface area contributed by atoms with Crippen LogP contribution in [-0.2, 0) is 0 Å². The zero-order chi connectivity index (χ0) is 7.20. The van der Waals surface area contributed by atoms with E-state index in [1.165, 1.54) is 6.42 Å². The average Bonchev–Trinajstić information content (AvgIpc) is 2.73. The molecule has 0 heteroatoms. The van der Waals surface area contributed by atoms with E-state index in [0.717, 1.165) is 22.2 Å². The van der Waals surface area contributed by atoms with Crippen LogP contribution in [0.1, 0.15) is 40.0 Å². The van der Waals surface area contributed by atoms with Crippen molar-refractivity contribution in [3.05, 3.63) is 0 Å². The molecule has 4 unspecified atom stereocenters. The average molecular weight is 136 g/mol. The van der Waals surface area contributed by atoms with Gasteiger partial charge in [-0.25, -0.2) is 0 Å². The first-order valence-electron chi connectivity index (χ1n) is 4.65. The SMILES string of the molecule is CCC12CC1(C)C21CC1C. The van der Waals surface area contributed by atoms with Crippen LogP contribution in [0.5, 0.6) is 0 Å². The highest BCUT2D eigenvalue weighted by Crippen LogP contribution is 3.07. The first-order chi connectivity index (χ1) is 4.65. The van der Waals surface area contributed by atoms with E-state index in [-0.39, 0.29) is 0 Å². The van der Waals surface area contributed by atoms with Crippen molar-refractivity contribution in [1.82, 2.24) is 0 Å². The molecule has 1 spiro atoms. The van der Waals surface area contributed by atoms with E-state index in [2.05, 4.69) is 20.8 Å². The summed E-state index contributed by atoms with van der Waals surface area (Å²) in [6.07, 6.45) is 4.56. The molecule has 0 aliphatic heterocycles. The molecule has 3 rings (SSSR count). The predicted octanol–water partition coefficient (Wildman–Crippen LogP) is 2.83. The minimum atomic E-state index is 0.841. The summed E-state index contributed by atoms with van der Waals surface area (Å²) >= 11 is 0. The van der Waals surface area contributed by atoms with Crippen molar-refractivity contribution in [3.8, 4) is 0 Å². The molecule has 3 aliphatic rings. The summed E-state index contributed by atoms with van der Waals surface area (Å²) in [6.45, 7) is 7.33. The molecule has 0 nitrogen and oxygen atoms in total. The molecule has 10 heavy (non-hydrogen) atoms. The third kappa shape index (κ3) is 0.233. The van der Waals surface area contributed by atoms with Gasteiger partial charge in [0.05, 0.1) is 0 Å². The van der Waals surface area contributed by atoms with Gasteiger partial charge >= 0.3 is 0 Å². The van der Waals surface area contributed by atoms with Gasteiger partial charge in [0.15, 0.2) is 0 Å². The van der Waals surface area contributed by atoms with Gasteiger partial charge in [0, 0.05) is 0 Å². The third-order valence-electron chi connectivity index (χ3n) is 5.28. The Hall–Kier alpha value is 0. The van der Waals surface area contributed by atoms with Crippen molar-refractivity contribution < 1.29 is 0 Å². The van der Waals surface area contributed by atoms with E-state index in [9.17, 15) is 0 Å². The van der Waals surface area contributed by atoms with Crippen LogP contribution in [0.25, 0.3) is 0 Å². The summed E-state index contributed by atoms with van der Waals surface area (Å²) < 4.78 is 0. The monoisotopic (exact) mass is 136 g/mol. The van der Waals surface area contributed by atoms with Crippen LogP contribution in [0.4, 0.5) is 0 Å². The summed E-state index contributed by atoms with van der Waals surface area (Å²) in [5.41, 5.74) is 2.61. The van der Waals surface area contributed by atoms with Crippen molar-refractivity contribution in [1.29, 1.82) is 0 Å². The largest absolute Gasteiger partial charge is 0.0648 e. The van der Waals surface area contributed by atoms with Gasteiger partial charge in [-0.3, -0.25) is 0 Å². The Labute approximate surface area is 63.0 Å². The summed E-state index contributed by atoms with van der Waals surface area (Å²) in [5.74, 6) is 1.08. The van der Waals surface area contributed by atoms with Crippen LogP contribution in [0.3, 0.4) is 0 Å². The van der Waals surface area contributed by atoms with E-state index in [0.29, 0.717) is 0 Å². The smallest absolute Gasteiger partial charge is 0.0147 e. The Morgan fingerprint density at radius 1 is 1.50 bits per heavy atom. The molecule has 0 heterocycles. The first kappa shape index (κ1) is 5.62. The molecule has 3 fully saturated rings. The molecule has 3 saturated carbocycles. The number of hydrogen-bond acceptors (Lipinski definition) is 0. The second-order valence-corrected chi connectivity index (χ2v) is 5.02. The molecule has 3 aliphatic carbocycles. The molecule has 0 bridgehead atoms. The topological polar surface area (TPSA) is 0 Å². The van der Waals surface area contributed by atoms with Crippen molar-refractivity contribution >= 4 is 0 Å². The molecule has 0 aromatic heterocycles. The maximum Gasteiger partial charge on any atom is -0.0147 e. The van der Waals surface area contributed by atoms with Crippen LogP contribution in [0, 0.1) is 22.2 Å². The number of rotatable bonds is 1. The molecule has 0 aromatic carbocycles. The fraction of sp³-hybridized carbons (Fsp3) is 1.00. The summed E-state index contributed by atoms with van der Waals surface area (Å²) in [7, 11) is 0. The zero-order valence-corrected chi connectivity index (χ0v) is 7.20. The molecule has 56 valence electrons. The minimum Gasteiger partial charge on any atom is -0.0648 e. The highest BCUT2D eigenvalue weighted by Gasteiger charge is 3.01. The number of hydrogen-bond donors (Lipinski definition) is 0. The lowest BCUT2D eigenvalue weighted by atomic mass is 9.96. The third-order valence-corrected chi connectivity index (χ3v) is 5.28. The van der Waals surface area contributed by atoms with Gasteiger partial charge in [-0.1, -0.05) is 20.8 Å². The van der Waals surface area contributed by atoms with Gasteiger partial charge < -0.3 is 0 Å². The Bertz CT molecular complexity index is 205. The highest BCUT2D eigenvalue weighted by atomic mass is 15.0. The van der Waals surface area contributed by atoms with Crippen LogP contribution < -0.4 is 0 Å². The van der Waals surface area contributed by atoms with Gasteiger partial charge in [0.1, 0.15) is 0 Å². The highest BCUT2D eigenvalue weighted by molar-refractivity contribution is 5.48. The van der Waals surface area contributed by atoms with Gasteiger partial charge in [0.2, 0.25) is 0 Å². The van der Waals surface area contributed by atoms with E-state index < -0.39 is 0 Å². The second-order valence-electron chi connectivity index (χ2n) is 5.02. The molecule has 0 aromatic rings. The van der Waals surface area contributed by atoms with Crippen molar-refractivity contribution in [2.45, 2.75) is 40.0 Å². The summed E-state index contributed by atoms with van der Waals surface area (Å²) in [6, 6.07) is 0. The predicted molar refractivity (Wildman–Crippen MR) is 41.7 cm³/mol. The Balaban J connectivity index is 1.98. The summed E-state index contributed by atoms with van der Waals surface area (Å²) in [4.78, 5) is 0. The fourth-order valence-electron chi connectivity index (χ4n) is 4.54. The second kappa shape index (κ2) is 1.00.